The van der Waals surface area contributed by atoms with Gasteiger partial charge in [0.25, 0.3) is 0 Å². The number of nitrogens with one attached hydrogen (secondary N) is 2. The van der Waals surface area contributed by atoms with Gasteiger partial charge in [-0.3, -0.25) is 4.99 Å². The minimum absolute atomic E-state index is 0. The van der Waals surface area contributed by atoms with Crippen LogP contribution in [0.25, 0.3) is 0 Å². The molecule has 0 aromatic heterocycles. The molecule has 1 aliphatic carbocycles. The first-order valence-electron chi connectivity index (χ1n) is 6.68. The fourth-order valence-corrected chi connectivity index (χ4v) is 2.39. The van der Waals surface area contributed by atoms with Gasteiger partial charge in [-0.2, -0.15) is 13.2 Å². The summed E-state index contributed by atoms with van der Waals surface area (Å²) < 4.78 is 37.3. The van der Waals surface area contributed by atoms with E-state index in [0.717, 1.165) is 10.9 Å². The summed E-state index contributed by atoms with van der Waals surface area (Å²) in [5, 5.41) is 5.84. The number of rotatable bonds is 4. The van der Waals surface area contributed by atoms with Crippen molar-refractivity contribution in [3.05, 3.63) is 34.3 Å². The summed E-state index contributed by atoms with van der Waals surface area (Å²) in [6, 6.07) is 8.30. The summed E-state index contributed by atoms with van der Waals surface area (Å²) in [6.45, 7) is -0.168. The maximum Gasteiger partial charge on any atom is 0.390 e. The molecule has 2 rings (SSSR count). The molecule has 1 saturated carbocycles. The second kappa shape index (κ2) is 8.37. The van der Waals surface area contributed by atoms with Gasteiger partial charge in [0, 0.05) is 30.0 Å². The van der Waals surface area contributed by atoms with Gasteiger partial charge in [-0.05, 0) is 24.1 Å². The Bertz CT molecular complexity index is 505. The molecule has 2 unspecified atom stereocenters. The van der Waals surface area contributed by atoms with Crippen LogP contribution in [-0.2, 0) is 0 Å². The van der Waals surface area contributed by atoms with E-state index in [4.69, 9.17) is 0 Å². The molecule has 3 nitrogen and oxygen atoms in total. The van der Waals surface area contributed by atoms with Crippen LogP contribution >= 0.6 is 39.9 Å². The molecule has 8 heteroatoms. The number of aliphatic imine (C=N–C) groups is 1. The van der Waals surface area contributed by atoms with Crippen LogP contribution in [0.15, 0.2) is 33.7 Å². The summed E-state index contributed by atoms with van der Waals surface area (Å²) in [5.74, 6) is 0.808. The number of guanidine groups is 1. The molecule has 0 spiro atoms. The third-order valence-electron chi connectivity index (χ3n) is 3.34. The Labute approximate surface area is 153 Å². The molecule has 2 atom stereocenters. The Hall–Kier alpha value is -0.510. The quantitative estimate of drug-likeness (QED) is 0.379. The van der Waals surface area contributed by atoms with Crippen molar-refractivity contribution in [2.75, 3.05) is 13.6 Å². The Morgan fingerprint density at radius 3 is 2.50 bits per heavy atom. The SMILES string of the molecule is CN=C(NCCC(F)(F)F)NC1CC1c1ccc(Br)cc1.I. The maximum absolute atomic E-state index is 12.1. The third kappa shape index (κ3) is 6.31. The Kier molecular flexibility index (Phi) is 7.43. The second-order valence-corrected chi connectivity index (χ2v) is 5.92. The van der Waals surface area contributed by atoms with E-state index in [1.807, 2.05) is 12.1 Å². The lowest BCUT2D eigenvalue weighted by molar-refractivity contribution is -0.132. The van der Waals surface area contributed by atoms with Crippen molar-refractivity contribution in [1.29, 1.82) is 0 Å². The van der Waals surface area contributed by atoms with Crippen LogP contribution in [-0.4, -0.2) is 31.8 Å². The molecule has 0 radical (unpaired) electrons. The first-order valence-corrected chi connectivity index (χ1v) is 7.48. The third-order valence-corrected chi connectivity index (χ3v) is 3.86. The highest BCUT2D eigenvalue weighted by atomic mass is 127. The van der Waals surface area contributed by atoms with Crippen LogP contribution in [0.1, 0.15) is 24.3 Å². The number of hydrogen-bond donors (Lipinski definition) is 2. The van der Waals surface area contributed by atoms with Crippen molar-refractivity contribution in [3.8, 4) is 0 Å². The monoisotopic (exact) mass is 491 g/mol. The maximum atomic E-state index is 12.1. The van der Waals surface area contributed by atoms with Crippen molar-refractivity contribution < 1.29 is 13.2 Å². The number of nitrogens with zero attached hydrogens (tertiary/aromatic N) is 1. The molecule has 0 bridgehead atoms. The van der Waals surface area contributed by atoms with Crippen molar-refractivity contribution in [2.45, 2.75) is 31.0 Å². The molecular formula is C14H18BrF3IN3. The summed E-state index contributed by atoms with van der Waals surface area (Å²) in [5.41, 5.74) is 1.22. The predicted octanol–water partition coefficient (Wildman–Crippen LogP) is 4.04. The molecule has 1 fully saturated rings. The normalized spacial score (nSPS) is 21.0. The lowest BCUT2D eigenvalue weighted by Gasteiger charge is -2.13. The molecule has 1 aliphatic rings. The minimum atomic E-state index is -4.15. The number of alkyl halides is 3. The summed E-state index contributed by atoms with van der Waals surface area (Å²) in [6.07, 6.45) is -4.05. The van der Waals surface area contributed by atoms with E-state index in [9.17, 15) is 13.2 Å². The number of hydrogen-bond acceptors (Lipinski definition) is 1. The largest absolute Gasteiger partial charge is 0.390 e. The van der Waals surface area contributed by atoms with Gasteiger partial charge in [0.15, 0.2) is 5.96 Å². The zero-order chi connectivity index (χ0) is 15.5. The molecular weight excluding hydrogens is 474 g/mol. The number of halogens is 5. The topological polar surface area (TPSA) is 36.4 Å². The van der Waals surface area contributed by atoms with Gasteiger partial charge in [-0.1, -0.05) is 28.1 Å². The van der Waals surface area contributed by atoms with E-state index in [1.54, 1.807) is 7.05 Å². The second-order valence-electron chi connectivity index (χ2n) is 5.01. The van der Waals surface area contributed by atoms with Gasteiger partial charge in [0.05, 0.1) is 6.42 Å². The molecule has 0 saturated heterocycles. The van der Waals surface area contributed by atoms with Crippen LogP contribution in [0.5, 0.6) is 0 Å². The first kappa shape index (κ1) is 19.5. The molecule has 0 amide bonds. The molecule has 1 aromatic carbocycles. The molecule has 22 heavy (non-hydrogen) atoms. The molecule has 2 N–H and O–H groups in total. The van der Waals surface area contributed by atoms with Crippen molar-refractivity contribution in [2.24, 2.45) is 4.99 Å². The van der Waals surface area contributed by atoms with Gasteiger partial charge in [0.2, 0.25) is 0 Å². The van der Waals surface area contributed by atoms with Crippen LogP contribution in [0.3, 0.4) is 0 Å². The zero-order valence-corrected chi connectivity index (χ0v) is 15.9. The molecule has 0 aliphatic heterocycles. The van der Waals surface area contributed by atoms with Gasteiger partial charge in [0.1, 0.15) is 0 Å². The highest BCUT2D eigenvalue weighted by molar-refractivity contribution is 14.0. The predicted molar refractivity (Wildman–Crippen MR) is 95.9 cm³/mol. The average molecular weight is 492 g/mol. The fraction of sp³-hybridized carbons (Fsp3) is 0.500. The Balaban J connectivity index is 0.00000242. The van der Waals surface area contributed by atoms with Crippen molar-refractivity contribution in [3.63, 3.8) is 0 Å². The van der Waals surface area contributed by atoms with E-state index >= 15 is 0 Å². The molecule has 124 valence electrons. The smallest absolute Gasteiger partial charge is 0.356 e. The van der Waals surface area contributed by atoms with E-state index in [0.29, 0.717) is 11.9 Å². The molecule has 1 aromatic rings. The van der Waals surface area contributed by atoms with Gasteiger partial charge >= 0.3 is 6.18 Å². The highest BCUT2D eigenvalue weighted by Crippen LogP contribution is 2.40. The van der Waals surface area contributed by atoms with Crippen LogP contribution < -0.4 is 10.6 Å². The van der Waals surface area contributed by atoms with Crippen LogP contribution in [0.2, 0.25) is 0 Å². The first-order chi connectivity index (χ1) is 9.89. The Morgan fingerprint density at radius 1 is 1.32 bits per heavy atom. The fourth-order valence-electron chi connectivity index (χ4n) is 2.13. The van der Waals surface area contributed by atoms with E-state index in [-0.39, 0.29) is 36.6 Å². The summed E-state index contributed by atoms with van der Waals surface area (Å²) >= 11 is 3.39. The van der Waals surface area contributed by atoms with E-state index < -0.39 is 12.6 Å². The van der Waals surface area contributed by atoms with Gasteiger partial charge in [-0.25, -0.2) is 0 Å². The Morgan fingerprint density at radius 2 is 1.95 bits per heavy atom. The van der Waals surface area contributed by atoms with Gasteiger partial charge in [-0.15, -0.1) is 24.0 Å². The lowest BCUT2D eigenvalue weighted by atomic mass is 10.1. The lowest BCUT2D eigenvalue weighted by Crippen LogP contribution is -2.40. The van der Waals surface area contributed by atoms with E-state index in [2.05, 4.69) is 43.7 Å². The van der Waals surface area contributed by atoms with Gasteiger partial charge < -0.3 is 10.6 Å². The van der Waals surface area contributed by atoms with Crippen molar-refractivity contribution >= 4 is 45.9 Å². The minimum Gasteiger partial charge on any atom is -0.356 e. The highest BCUT2D eigenvalue weighted by Gasteiger charge is 2.39. The average Bonchev–Trinajstić information content (AvgIpc) is 3.16. The van der Waals surface area contributed by atoms with E-state index in [1.165, 1.54) is 5.56 Å². The van der Waals surface area contributed by atoms with Crippen LogP contribution in [0.4, 0.5) is 13.2 Å². The molecule has 0 heterocycles. The standard InChI is InChI=1S/C14H17BrF3N3.HI/c1-19-13(20-7-6-14(16,17)18)21-12-8-11(12)9-2-4-10(15)5-3-9;/h2-5,11-12H,6-8H2,1H3,(H2,19,20,21);1H. The van der Waals surface area contributed by atoms with Crippen molar-refractivity contribution in [1.82, 2.24) is 10.6 Å². The zero-order valence-electron chi connectivity index (χ0n) is 12.0. The summed E-state index contributed by atoms with van der Waals surface area (Å²) in [7, 11) is 1.56. The summed E-state index contributed by atoms with van der Waals surface area (Å²) in [4.78, 5) is 3.95. The van der Waals surface area contributed by atoms with Crippen LogP contribution in [0, 0.1) is 0 Å². The number of benzene rings is 1.